The van der Waals surface area contributed by atoms with Gasteiger partial charge in [0.2, 0.25) is 0 Å². The number of carbonyl (C=O) groups excluding carboxylic acids is 3. The summed E-state index contributed by atoms with van der Waals surface area (Å²) in [6.45, 7) is 2.23. The van der Waals surface area contributed by atoms with Crippen molar-refractivity contribution in [2.75, 3.05) is 6.61 Å². The molecule has 2 N–H and O–H groups in total. The summed E-state index contributed by atoms with van der Waals surface area (Å²) in [4.78, 5) is 41.8. The molecule has 1 unspecified atom stereocenters. The smallest absolute Gasteiger partial charge is 0.345 e. The molecule has 2 heterocycles. The van der Waals surface area contributed by atoms with Gasteiger partial charge >= 0.3 is 18.0 Å². The molecule has 1 aliphatic carbocycles. The van der Waals surface area contributed by atoms with Gasteiger partial charge in [0.1, 0.15) is 5.75 Å². The Morgan fingerprint density at radius 2 is 1.94 bits per heavy atom. The number of allylic oxidation sites excluding steroid dienone is 1. The molecule has 0 saturated heterocycles. The van der Waals surface area contributed by atoms with Crippen LogP contribution in [0.3, 0.4) is 0 Å². The molecular formula is C26H28ClN3O5. The molecule has 2 amide bonds. The zero-order chi connectivity index (χ0) is 24.8. The summed E-state index contributed by atoms with van der Waals surface area (Å²) < 4.78 is 11.1. The average Bonchev–Trinajstić information content (AvgIpc) is 2.89. The molecule has 9 heteroatoms. The fraction of sp³-hybridized carbons (Fsp3) is 0.385. The van der Waals surface area contributed by atoms with Gasteiger partial charge in [-0.15, -0.1) is 0 Å². The molecule has 1 aromatic heterocycles. The van der Waals surface area contributed by atoms with Gasteiger partial charge in [0.25, 0.3) is 0 Å². The Morgan fingerprint density at radius 1 is 1.14 bits per heavy atom. The second-order valence-corrected chi connectivity index (χ2v) is 9.11. The number of hydrogen-bond acceptors (Lipinski definition) is 6. The summed E-state index contributed by atoms with van der Waals surface area (Å²) in [5.74, 6) is -0.534. The number of halogens is 1. The van der Waals surface area contributed by atoms with Crippen LogP contribution in [-0.4, -0.2) is 29.6 Å². The van der Waals surface area contributed by atoms with Gasteiger partial charge in [0.05, 0.1) is 28.8 Å². The molecule has 184 valence electrons. The summed E-state index contributed by atoms with van der Waals surface area (Å²) in [7, 11) is 0. The molecule has 0 radical (unpaired) electrons. The van der Waals surface area contributed by atoms with Gasteiger partial charge in [-0.3, -0.25) is 4.98 Å². The van der Waals surface area contributed by atoms with E-state index in [9.17, 15) is 14.4 Å². The Kier molecular flexibility index (Phi) is 8.02. The number of nitrogens with zero attached hydrogens (tertiary/aromatic N) is 1. The summed E-state index contributed by atoms with van der Waals surface area (Å²) >= 11 is 6.42. The van der Waals surface area contributed by atoms with E-state index < -0.39 is 24.0 Å². The summed E-state index contributed by atoms with van der Waals surface area (Å²) in [6.07, 6.45) is 9.05. The van der Waals surface area contributed by atoms with Gasteiger partial charge in [-0.1, -0.05) is 43.9 Å². The van der Waals surface area contributed by atoms with Crippen molar-refractivity contribution in [2.24, 2.45) is 5.92 Å². The minimum atomic E-state index is -0.752. The molecule has 1 aliphatic heterocycles. The van der Waals surface area contributed by atoms with Gasteiger partial charge in [0, 0.05) is 18.1 Å². The van der Waals surface area contributed by atoms with Crippen LogP contribution in [0.25, 0.3) is 0 Å². The lowest BCUT2D eigenvalue weighted by Crippen LogP contribution is -2.46. The Balaban J connectivity index is 1.54. The molecule has 2 aromatic rings. The van der Waals surface area contributed by atoms with Gasteiger partial charge < -0.3 is 20.1 Å². The van der Waals surface area contributed by atoms with Crippen molar-refractivity contribution in [2.45, 2.75) is 51.5 Å². The van der Waals surface area contributed by atoms with Crippen molar-refractivity contribution in [3.63, 3.8) is 0 Å². The van der Waals surface area contributed by atoms with Crippen LogP contribution in [0.5, 0.6) is 5.75 Å². The van der Waals surface area contributed by atoms with E-state index in [4.69, 9.17) is 21.1 Å². The monoisotopic (exact) mass is 497 g/mol. The van der Waals surface area contributed by atoms with Gasteiger partial charge in [-0.2, -0.15) is 0 Å². The van der Waals surface area contributed by atoms with E-state index in [-0.39, 0.29) is 16.3 Å². The van der Waals surface area contributed by atoms with E-state index in [2.05, 4.69) is 15.6 Å². The number of pyridine rings is 1. The zero-order valence-corrected chi connectivity index (χ0v) is 20.3. The predicted octanol–water partition coefficient (Wildman–Crippen LogP) is 5.10. The quantitative estimate of drug-likeness (QED) is 0.407. The van der Waals surface area contributed by atoms with Crippen molar-refractivity contribution >= 4 is 29.6 Å². The minimum Gasteiger partial charge on any atom is -0.462 e. The number of urea groups is 1. The molecule has 0 spiro atoms. The third-order valence-electron chi connectivity index (χ3n) is 6.29. The largest absolute Gasteiger partial charge is 0.462 e. The van der Waals surface area contributed by atoms with Gasteiger partial charge in [0.15, 0.2) is 0 Å². The van der Waals surface area contributed by atoms with E-state index in [0.717, 1.165) is 25.7 Å². The SMILES string of the molecule is CCC1=C(C(=O)OCC2CCCCC2)C(c2ccc(OC(=O)c3cccnc3)c(Cl)c2)NC(=O)N1. The number of hydrogen-bond donors (Lipinski definition) is 2. The predicted molar refractivity (Wildman–Crippen MR) is 130 cm³/mol. The summed E-state index contributed by atoms with van der Waals surface area (Å²) in [5, 5.41) is 5.69. The highest BCUT2D eigenvalue weighted by molar-refractivity contribution is 6.32. The fourth-order valence-corrected chi connectivity index (χ4v) is 4.66. The first kappa shape index (κ1) is 24.7. The van der Waals surface area contributed by atoms with Crippen molar-refractivity contribution < 1.29 is 23.9 Å². The highest BCUT2D eigenvalue weighted by atomic mass is 35.5. The third-order valence-corrected chi connectivity index (χ3v) is 6.59. The number of rotatable bonds is 7. The Morgan fingerprint density at radius 3 is 2.63 bits per heavy atom. The number of esters is 2. The lowest BCUT2D eigenvalue weighted by molar-refractivity contribution is -0.141. The van der Waals surface area contributed by atoms with E-state index in [0.29, 0.717) is 35.8 Å². The number of aromatic nitrogens is 1. The molecule has 1 fully saturated rings. The Labute approximate surface area is 209 Å². The maximum atomic E-state index is 13.2. The number of amides is 2. The van der Waals surface area contributed by atoms with Gasteiger partial charge in [-0.05, 0) is 55.0 Å². The highest BCUT2D eigenvalue weighted by Crippen LogP contribution is 2.34. The molecule has 0 bridgehead atoms. The Bertz CT molecular complexity index is 1130. The van der Waals surface area contributed by atoms with Crippen LogP contribution >= 0.6 is 11.6 Å². The zero-order valence-electron chi connectivity index (χ0n) is 19.5. The van der Waals surface area contributed by atoms with E-state index in [1.165, 1.54) is 18.7 Å². The first-order valence-electron chi connectivity index (χ1n) is 11.9. The highest BCUT2D eigenvalue weighted by Gasteiger charge is 2.34. The maximum Gasteiger partial charge on any atom is 0.345 e. The molecule has 1 atom stereocenters. The second kappa shape index (κ2) is 11.4. The second-order valence-electron chi connectivity index (χ2n) is 8.70. The van der Waals surface area contributed by atoms with Crippen molar-refractivity contribution in [3.05, 3.63) is 70.1 Å². The molecule has 1 saturated carbocycles. The first-order valence-corrected chi connectivity index (χ1v) is 12.2. The minimum absolute atomic E-state index is 0.158. The normalized spacial score (nSPS) is 18.5. The first-order chi connectivity index (χ1) is 17.0. The average molecular weight is 498 g/mol. The van der Waals surface area contributed by atoms with Crippen LogP contribution in [-0.2, 0) is 9.53 Å². The summed E-state index contributed by atoms with van der Waals surface area (Å²) in [6, 6.07) is 6.83. The molecule has 2 aliphatic rings. The van der Waals surface area contributed by atoms with Gasteiger partial charge in [-0.25, -0.2) is 14.4 Å². The van der Waals surface area contributed by atoms with E-state index in [1.54, 1.807) is 30.5 Å². The maximum absolute atomic E-state index is 13.2. The van der Waals surface area contributed by atoms with Crippen LogP contribution in [0.1, 0.15) is 67.4 Å². The summed E-state index contributed by atoms with van der Waals surface area (Å²) in [5.41, 5.74) is 1.72. The molecule has 1 aromatic carbocycles. The van der Waals surface area contributed by atoms with Crippen LogP contribution in [0.2, 0.25) is 5.02 Å². The lowest BCUT2D eigenvalue weighted by Gasteiger charge is -2.30. The molecule has 35 heavy (non-hydrogen) atoms. The number of nitrogens with one attached hydrogen (secondary N) is 2. The molecular weight excluding hydrogens is 470 g/mol. The van der Waals surface area contributed by atoms with Crippen LogP contribution in [0.15, 0.2) is 54.0 Å². The number of benzene rings is 1. The van der Waals surface area contributed by atoms with Crippen LogP contribution < -0.4 is 15.4 Å². The Hall–Kier alpha value is -3.39. The van der Waals surface area contributed by atoms with Crippen LogP contribution in [0, 0.1) is 5.92 Å². The number of ether oxygens (including phenoxy) is 2. The standard InChI is InChI=1S/C26H28ClN3O5/c1-2-20-22(25(32)34-15-16-7-4-3-5-8-16)23(30-26(33)29-20)17-10-11-21(19(27)13-17)35-24(31)18-9-6-12-28-14-18/h6,9-14,16,23H,2-5,7-8,15H2,1H3,(H2,29,30,33). The number of carbonyl (C=O) groups is 3. The van der Waals surface area contributed by atoms with Crippen molar-refractivity contribution in [1.82, 2.24) is 15.6 Å². The topological polar surface area (TPSA) is 107 Å². The van der Waals surface area contributed by atoms with E-state index in [1.807, 2.05) is 6.92 Å². The van der Waals surface area contributed by atoms with Crippen LogP contribution in [0.4, 0.5) is 4.79 Å². The van der Waals surface area contributed by atoms with Crippen molar-refractivity contribution in [3.8, 4) is 5.75 Å². The third kappa shape index (κ3) is 6.00. The molecule has 4 rings (SSSR count). The van der Waals surface area contributed by atoms with E-state index >= 15 is 0 Å². The fourth-order valence-electron chi connectivity index (χ4n) is 4.43. The lowest BCUT2D eigenvalue weighted by atomic mass is 9.90. The molecule has 8 nitrogen and oxygen atoms in total. The van der Waals surface area contributed by atoms with Crippen molar-refractivity contribution in [1.29, 1.82) is 0 Å².